The van der Waals surface area contributed by atoms with Crippen molar-refractivity contribution < 1.29 is 9.53 Å². The first-order valence-electron chi connectivity index (χ1n) is 8.66. The van der Waals surface area contributed by atoms with Crippen LogP contribution in [0, 0.1) is 6.92 Å². The lowest BCUT2D eigenvalue weighted by atomic mass is 10.1. The number of carbonyl (C=O) groups excluding carboxylic acids is 1. The summed E-state index contributed by atoms with van der Waals surface area (Å²) in [5, 5.41) is 5.81. The number of morpholine rings is 1. The minimum absolute atomic E-state index is 0.173. The Morgan fingerprint density at radius 1 is 1.32 bits per heavy atom. The quantitative estimate of drug-likeness (QED) is 0.789. The van der Waals surface area contributed by atoms with E-state index in [0.717, 1.165) is 50.5 Å². The molecular formula is C18H25N5O2. The number of hydrogen-bond acceptors (Lipinski definition) is 4. The summed E-state index contributed by atoms with van der Waals surface area (Å²) < 4.78 is 7.38. The first-order valence-corrected chi connectivity index (χ1v) is 8.66. The lowest BCUT2D eigenvalue weighted by Crippen LogP contribution is -2.36. The molecule has 1 aliphatic rings. The average Bonchev–Trinajstić information content (AvgIpc) is 3.15. The lowest BCUT2D eigenvalue weighted by molar-refractivity contribution is 0.122. The van der Waals surface area contributed by atoms with E-state index in [0.29, 0.717) is 6.54 Å². The van der Waals surface area contributed by atoms with E-state index in [2.05, 4.69) is 26.6 Å². The molecule has 0 saturated carbocycles. The number of aryl methyl sites for hydroxylation is 2. The highest BCUT2D eigenvalue weighted by Gasteiger charge is 2.12. The third kappa shape index (κ3) is 4.96. The molecule has 1 saturated heterocycles. The summed E-state index contributed by atoms with van der Waals surface area (Å²) in [5.41, 5.74) is 3.06. The van der Waals surface area contributed by atoms with Gasteiger partial charge in [0.2, 0.25) is 0 Å². The van der Waals surface area contributed by atoms with Gasteiger partial charge in [0, 0.05) is 49.9 Å². The van der Waals surface area contributed by atoms with E-state index < -0.39 is 0 Å². The molecule has 134 valence electrons. The smallest absolute Gasteiger partial charge is 0.319 e. The van der Waals surface area contributed by atoms with E-state index in [1.165, 1.54) is 5.69 Å². The van der Waals surface area contributed by atoms with Crippen molar-refractivity contribution in [3.8, 4) is 0 Å². The van der Waals surface area contributed by atoms with Gasteiger partial charge in [0.25, 0.3) is 0 Å². The molecule has 2 aromatic rings. The standard InChI is InChI=1S/C18H25N5O2/c1-15-13-16(23-9-11-25-12-10-23)3-4-17(15)21-18(24)20-5-2-7-22-8-6-19-14-22/h3-4,6,8,13-14H,2,5,7,9-12H2,1H3,(H2,20,21,24). The summed E-state index contributed by atoms with van der Waals surface area (Å²) in [6.45, 7) is 6.81. The Hall–Kier alpha value is -2.54. The van der Waals surface area contributed by atoms with Crippen molar-refractivity contribution in [1.82, 2.24) is 14.9 Å². The molecule has 1 aromatic carbocycles. The van der Waals surface area contributed by atoms with E-state index in [1.807, 2.05) is 29.8 Å². The molecule has 2 amide bonds. The van der Waals surface area contributed by atoms with Crippen molar-refractivity contribution in [3.05, 3.63) is 42.5 Å². The molecule has 1 fully saturated rings. The number of imidazole rings is 1. The molecule has 7 heteroatoms. The van der Waals surface area contributed by atoms with Crippen LogP contribution in [-0.4, -0.2) is 48.4 Å². The van der Waals surface area contributed by atoms with Crippen LogP contribution in [0.15, 0.2) is 36.9 Å². The number of carbonyl (C=O) groups is 1. The number of hydrogen-bond donors (Lipinski definition) is 2. The molecule has 2 heterocycles. The van der Waals surface area contributed by atoms with Gasteiger partial charge >= 0.3 is 6.03 Å². The maximum atomic E-state index is 12.0. The van der Waals surface area contributed by atoms with Gasteiger partial charge < -0.3 is 24.8 Å². The minimum atomic E-state index is -0.173. The fourth-order valence-corrected chi connectivity index (χ4v) is 2.86. The second-order valence-corrected chi connectivity index (χ2v) is 6.13. The number of nitrogens with zero attached hydrogens (tertiary/aromatic N) is 3. The van der Waals surface area contributed by atoms with Crippen LogP contribution in [0.5, 0.6) is 0 Å². The Bertz CT molecular complexity index is 681. The van der Waals surface area contributed by atoms with Crippen LogP contribution < -0.4 is 15.5 Å². The Morgan fingerprint density at radius 3 is 2.88 bits per heavy atom. The van der Waals surface area contributed by atoms with Gasteiger partial charge in [0.05, 0.1) is 19.5 Å². The van der Waals surface area contributed by atoms with Gasteiger partial charge in [-0.1, -0.05) is 0 Å². The monoisotopic (exact) mass is 343 g/mol. The second kappa shape index (κ2) is 8.53. The van der Waals surface area contributed by atoms with E-state index >= 15 is 0 Å². The third-order valence-corrected chi connectivity index (χ3v) is 4.27. The number of nitrogens with one attached hydrogen (secondary N) is 2. The van der Waals surface area contributed by atoms with Gasteiger partial charge in [-0.25, -0.2) is 9.78 Å². The first-order chi connectivity index (χ1) is 12.2. The van der Waals surface area contributed by atoms with Gasteiger partial charge in [-0.15, -0.1) is 0 Å². The number of ether oxygens (including phenoxy) is 1. The molecule has 7 nitrogen and oxygen atoms in total. The normalized spacial score (nSPS) is 14.4. The summed E-state index contributed by atoms with van der Waals surface area (Å²) in [7, 11) is 0. The Balaban J connectivity index is 1.45. The average molecular weight is 343 g/mol. The van der Waals surface area contributed by atoms with Gasteiger partial charge in [-0.2, -0.15) is 0 Å². The van der Waals surface area contributed by atoms with E-state index in [4.69, 9.17) is 4.74 Å². The largest absolute Gasteiger partial charge is 0.378 e. The SMILES string of the molecule is Cc1cc(N2CCOCC2)ccc1NC(=O)NCCCn1ccnc1. The van der Waals surface area contributed by atoms with Gasteiger partial charge in [0.1, 0.15) is 0 Å². The molecule has 25 heavy (non-hydrogen) atoms. The molecule has 2 N–H and O–H groups in total. The highest BCUT2D eigenvalue weighted by atomic mass is 16.5. The zero-order valence-electron chi connectivity index (χ0n) is 14.6. The first kappa shape index (κ1) is 17.3. The second-order valence-electron chi connectivity index (χ2n) is 6.13. The summed E-state index contributed by atoms with van der Waals surface area (Å²) in [4.78, 5) is 18.3. The zero-order chi connectivity index (χ0) is 17.5. The molecule has 0 radical (unpaired) electrons. The number of urea groups is 1. The Kier molecular flexibility index (Phi) is 5.90. The van der Waals surface area contributed by atoms with Crippen LogP contribution in [0.3, 0.4) is 0 Å². The summed E-state index contributed by atoms with van der Waals surface area (Å²) in [6, 6.07) is 5.95. The number of aromatic nitrogens is 2. The van der Waals surface area contributed by atoms with Gasteiger partial charge in [-0.05, 0) is 37.1 Å². The number of rotatable bonds is 6. The third-order valence-electron chi connectivity index (χ3n) is 4.27. The van der Waals surface area contributed by atoms with E-state index in [1.54, 1.807) is 12.5 Å². The van der Waals surface area contributed by atoms with Crippen LogP contribution in [0.2, 0.25) is 0 Å². The van der Waals surface area contributed by atoms with Crippen molar-refractivity contribution >= 4 is 17.4 Å². The molecule has 0 atom stereocenters. The minimum Gasteiger partial charge on any atom is -0.378 e. The number of benzene rings is 1. The highest BCUT2D eigenvalue weighted by molar-refractivity contribution is 5.90. The molecule has 1 aliphatic heterocycles. The molecule has 1 aromatic heterocycles. The molecular weight excluding hydrogens is 318 g/mol. The van der Waals surface area contributed by atoms with Crippen molar-refractivity contribution in [2.75, 3.05) is 43.1 Å². The van der Waals surface area contributed by atoms with Crippen LogP contribution in [-0.2, 0) is 11.3 Å². The fourth-order valence-electron chi connectivity index (χ4n) is 2.86. The summed E-state index contributed by atoms with van der Waals surface area (Å²) in [5.74, 6) is 0. The van der Waals surface area contributed by atoms with Crippen LogP contribution in [0.1, 0.15) is 12.0 Å². The number of amides is 2. The van der Waals surface area contributed by atoms with Crippen molar-refractivity contribution in [2.45, 2.75) is 19.9 Å². The fraction of sp³-hybridized carbons (Fsp3) is 0.444. The van der Waals surface area contributed by atoms with Gasteiger partial charge in [-0.3, -0.25) is 0 Å². The van der Waals surface area contributed by atoms with Crippen LogP contribution in [0.25, 0.3) is 0 Å². The van der Waals surface area contributed by atoms with Crippen LogP contribution >= 0.6 is 0 Å². The maximum absolute atomic E-state index is 12.0. The maximum Gasteiger partial charge on any atom is 0.319 e. The molecule has 0 aliphatic carbocycles. The van der Waals surface area contributed by atoms with Crippen LogP contribution in [0.4, 0.5) is 16.2 Å². The topological polar surface area (TPSA) is 71.4 Å². The highest BCUT2D eigenvalue weighted by Crippen LogP contribution is 2.23. The van der Waals surface area contributed by atoms with Crippen molar-refractivity contribution in [3.63, 3.8) is 0 Å². The van der Waals surface area contributed by atoms with E-state index in [9.17, 15) is 4.79 Å². The molecule has 0 unspecified atom stereocenters. The Labute approximate surface area is 148 Å². The molecule has 0 spiro atoms. The summed E-state index contributed by atoms with van der Waals surface area (Å²) in [6.07, 6.45) is 6.31. The Morgan fingerprint density at radius 2 is 2.16 bits per heavy atom. The predicted molar refractivity (Wildman–Crippen MR) is 98.1 cm³/mol. The predicted octanol–water partition coefficient (Wildman–Crippen LogP) is 2.24. The zero-order valence-corrected chi connectivity index (χ0v) is 14.6. The molecule has 0 bridgehead atoms. The summed E-state index contributed by atoms with van der Waals surface area (Å²) >= 11 is 0. The van der Waals surface area contributed by atoms with Gasteiger partial charge in [0.15, 0.2) is 0 Å². The van der Waals surface area contributed by atoms with Crippen molar-refractivity contribution in [1.29, 1.82) is 0 Å². The number of anilines is 2. The van der Waals surface area contributed by atoms with E-state index in [-0.39, 0.29) is 6.03 Å². The van der Waals surface area contributed by atoms with Crippen molar-refractivity contribution in [2.24, 2.45) is 0 Å². The molecule has 3 rings (SSSR count). The lowest BCUT2D eigenvalue weighted by Gasteiger charge is -2.29.